The molecule has 1 atom stereocenters. The average molecular weight is 303 g/mol. The van der Waals surface area contributed by atoms with Gasteiger partial charge in [-0.25, -0.2) is 10.8 Å². The Labute approximate surface area is 119 Å². The molecule has 1 fully saturated rings. The van der Waals surface area contributed by atoms with E-state index >= 15 is 0 Å². The van der Waals surface area contributed by atoms with Crippen LogP contribution in [0.1, 0.15) is 24.8 Å². The van der Waals surface area contributed by atoms with Crippen LogP contribution in [-0.2, 0) is 11.0 Å². The second kappa shape index (κ2) is 5.76. The topological polar surface area (TPSA) is 97.3 Å². The molecule has 1 amide bonds. The van der Waals surface area contributed by atoms with Crippen LogP contribution in [0.15, 0.2) is 12.1 Å². The van der Waals surface area contributed by atoms with Gasteiger partial charge in [-0.05, 0) is 31.4 Å². The van der Waals surface area contributed by atoms with Crippen LogP contribution in [0.2, 0.25) is 0 Å². The van der Waals surface area contributed by atoms with Crippen LogP contribution in [0.25, 0.3) is 0 Å². The molecule has 1 saturated heterocycles. The standard InChI is InChI=1S/C12H16F3N5O/c13-12(14,15)7-5-9(19-17)18-10(6-7)20-4-2-1-3-8(20)11(16)21/h5-6,8H,1-4,17H2,(H2,16,21)(H,18,19). The van der Waals surface area contributed by atoms with Gasteiger partial charge in [0.05, 0.1) is 5.56 Å². The van der Waals surface area contributed by atoms with Gasteiger partial charge in [0, 0.05) is 6.54 Å². The SMILES string of the molecule is NNc1cc(C(F)(F)F)cc(N2CCCCC2C(N)=O)n1. The number of nitrogen functional groups attached to an aromatic ring is 1. The van der Waals surface area contributed by atoms with Gasteiger partial charge in [-0.2, -0.15) is 13.2 Å². The molecule has 2 rings (SSSR count). The first kappa shape index (κ1) is 15.4. The Kier molecular flexibility index (Phi) is 4.21. The number of primary amides is 1. The van der Waals surface area contributed by atoms with Crippen molar-refractivity contribution in [1.82, 2.24) is 4.98 Å². The van der Waals surface area contributed by atoms with Crippen LogP contribution < -0.4 is 21.9 Å². The molecular formula is C12H16F3N5O. The van der Waals surface area contributed by atoms with E-state index in [0.29, 0.717) is 13.0 Å². The van der Waals surface area contributed by atoms with Crippen molar-refractivity contribution in [3.8, 4) is 0 Å². The lowest BCUT2D eigenvalue weighted by atomic mass is 10.0. The van der Waals surface area contributed by atoms with E-state index in [1.807, 2.05) is 0 Å². The van der Waals surface area contributed by atoms with Gasteiger partial charge in [-0.1, -0.05) is 0 Å². The summed E-state index contributed by atoms with van der Waals surface area (Å²) < 4.78 is 38.7. The summed E-state index contributed by atoms with van der Waals surface area (Å²) in [5.74, 6) is 4.52. The number of carbonyl (C=O) groups is 1. The minimum atomic E-state index is -4.53. The van der Waals surface area contributed by atoms with Gasteiger partial charge >= 0.3 is 6.18 Å². The van der Waals surface area contributed by atoms with Crippen molar-refractivity contribution in [3.05, 3.63) is 17.7 Å². The Morgan fingerprint density at radius 1 is 1.38 bits per heavy atom. The largest absolute Gasteiger partial charge is 0.416 e. The zero-order valence-corrected chi connectivity index (χ0v) is 11.2. The van der Waals surface area contributed by atoms with Crippen molar-refractivity contribution in [3.63, 3.8) is 0 Å². The lowest BCUT2D eigenvalue weighted by Crippen LogP contribution is -2.48. The highest BCUT2D eigenvalue weighted by Gasteiger charge is 2.34. The second-order valence-corrected chi connectivity index (χ2v) is 4.85. The summed E-state index contributed by atoms with van der Waals surface area (Å²) in [4.78, 5) is 17.0. The van der Waals surface area contributed by atoms with Gasteiger partial charge in [0.15, 0.2) is 0 Å². The molecule has 6 nitrogen and oxygen atoms in total. The minimum Gasteiger partial charge on any atom is -0.368 e. The Balaban J connectivity index is 2.43. The van der Waals surface area contributed by atoms with E-state index < -0.39 is 23.7 Å². The van der Waals surface area contributed by atoms with Crippen LogP contribution in [0, 0.1) is 0 Å². The Morgan fingerprint density at radius 3 is 2.67 bits per heavy atom. The molecule has 0 spiro atoms. The molecule has 116 valence electrons. The quantitative estimate of drug-likeness (QED) is 0.576. The Morgan fingerprint density at radius 2 is 2.10 bits per heavy atom. The van der Waals surface area contributed by atoms with E-state index in [0.717, 1.165) is 25.0 Å². The number of carbonyl (C=O) groups excluding carboxylic acids is 1. The highest BCUT2D eigenvalue weighted by Crippen LogP contribution is 2.34. The molecule has 21 heavy (non-hydrogen) atoms. The number of halogens is 3. The van der Waals surface area contributed by atoms with Crippen LogP contribution in [0.3, 0.4) is 0 Å². The molecule has 2 heterocycles. The Hall–Kier alpha value is -2.03. The van der Waals surface area contributed by atoms with E-state index in [2.05, 4.69) is 10.4 Å². The summed E-state index contributed by atoms with van der Waals surface area (Å²) in [5.41, 5.74) is 6.55. The monoisotopic (exact) mass is 303 g/mol. The number of rotatable bonds is 3. The highest BCUT2D eigenvalue weighted by atomic mass is 19.4. The molecule has 1 aliphatic heterocycles. The fourth-order valence-electron chi connectivity index (χ4n) is 2.40. The van der Waals surface area contributed by atoms with E-state index in [-0.39, 0.29) is 11.6 Å². The average Bonchev–Trinajstić information content (AvgIpc) is 2.45. The molecule has 0 radical (unpaired) electrons. The molecule has 0 aliphatic carbocycles. The third kappa shape index (κ3) is 3.35. The number of aromatic nitrogens is 1. The van der Waals surface area contributed by atoms with Crippen molar-refractivity contribution in [2.24, 2.45) is 11.6 Å². The summed E-state index contributed by atoms with van der Waals surface area (Å²) in [5, 5.41) is 0. The van der Waals surface area contributed by atoms with E-state index in [4.69, 9.17) is 11.6 Å². The first-order valence-electron chi connectivity index (χ1n) is 6.45. The number of piperidine rings is 1. The van der Waals surface area contributed by atoms with Crippen molar-refractivity contribution >= 4 is 17.5 Å². The fourth-order valence-corrected chi connectivity index (χ4v) is 2.40. The van der Waals surface area contributed by atoms with Crippen molar-refractivity contribution in [1.29, 1.82) is 0 Å². The van der Waals surface area contributed by atoms with Crippen LogP contribution in [0.4, 0.5) is 24.8 Å². The number of alkyl halides is 3. The van der Waals surface area contributed by atoms with Gasteiger partial charge in [-0.3, -0.25) is 4.79 Å². The number of hydrogen-bond acceptors (Lipinski definition) is 5. The summed E-state index contributed by atoms with van der Waals surface area (Å²) in [7, 11) is 0. The molecule has 0 bridgehead atoms. The number of pyridine rings is 1. The van der Waals surface area contributed by atoms with Gasteiger partial charge in [0.1, 0.15) is 17.7 Å². The third-order valence-electron chi connectivity index (χ3n) is 3.41. The minimum absolute atomic E-state index is 0.0428. The van der Waals surface area contributed by atoms with Gasteiger partial charge < -0.3 is 16.1 Å². The van der Waals surface area contributed by atoms with Gasteiger partial charge in [-0.15, -0.1) is 0 Å². The summed E-state index contributed by atoms with van der Waals surface area (Å²) >= 11 is 0. The van der Waals surface area contributed by atoms with Crippen LogP contribution in [-0.4, -0.2) is 23.5 Å². The number of anilines is 2. The smallest absolute Gasteiger partial charge is 0.368 e. The molecule has 0 saturated carbocycles. The molecule has 1 aliphatic rings. The van der Waals surface area contributed by atoms with E-state index in [1.165, 1.54) is 4.90 Å². The number of nitrogens with two attached hydrogens (primary N) is 2. The zero-order chi connectivity index (χ0) is 15.6. The lowest BCUT2D eigenvalue weighted by Gasteiger charge is -2.35. The number of nitrogens with zero attached hydrogens (tertiary/aromatic N) is 2. The normalized spacial score (nSPS) is 19.4. The first-order valence-corrected chi connectivity index (χ1v) is 6.45. The fraction of sp³-hybridized carbons (Fsp3) is 0.500. The molecule has 1 aromatic heterocycles. The predicted octanol–water partition coefficient (Wildman–Crippen LogP) is 1.23. The molecule has 9 heteroatoms. The molecule has 1 unspecified atom stereocenters. The van der Waals surface area contributed by atoms with Crippen LogP contribution in [0.5, 0.6) is 0 Å². The number of hydrazine groups is 1. The maximum atomic E-state index is 12.9. The molecule has 1 aromatic rings. The summed E-state index contributed by atoms with van der Waals surface area (Å²) in [6.07, 6.45) is -2.47. The van der Waals surface area contributed by atoms with Gasteiger partial charge in [0.2, 0.25) is 5.91 Å². The summed E-state index contributed by atoms with van der Waals surface area (Å²) in [6, 6.07) is 1.06. The predicted molar refractivity (Wildman–Crippen MR) is 71.2 cm³/mol. The van der Waals surface area contributed by atoms with Crippen molar-refractivity contribution < 1.29 is 18.0 Å². The molecule has 0 aromatic carbocycles. The summed E-state index contributed by atoms with van der Waals surface area (Å²) in [6.45, 7) is 0.423. The maximum Gasteiger partial charge on any atom is 0.416 e. The number of hydrogen-bond donors (Lipinski definition) is 3. The highest BCUT2D eigenvalue weighted by molar-refractivity contribution is 5.83. The van der Waals surface area contributed by atoms with E-state index in [1.54, 1.807) is 0 Å². The molecular weight excluding hydrogens is 287 g/mol. The number of amides is 1. The van der Waals surface area contributed by atoms with Crippen molar-refractivity contribution in [2.45, 2.75) is 31.5 Å². The van der Waals surface area contributed by atoms with E-state index in [9.17, 15) is 18.0 Å². The first-order chi connectivity index (χ1) is 9.82. The van der Waals surface area contributed by atoms with Crippen molar-refractivity contribution in [2.75, 3.05) is 16.9 Å². The maximum absolute atomic E-state index is 12.9. The third-order valence-corrected chi connectivity index (χ3v) is 3.41. The second-order valence-electron chi connectivity index (χ2n) is 4.85. The number of nitrogens with one attached hydrogen (secondary N) is 1. The Bertz CT molecular complexity index is 534. The zero-order valence-electron chi connectivity index (χ0n) is 11.2. The van der Waals surface area contributed by atoms with Crippen LogP contribution >= 0.6 is 0 Å². The molecule has 5 N–H and O–H groups in total. The lowest BCUT2D eigenvalue weighted by molar-refractivity contribution is -0.137. The van der Waals surface area contributed by atoms with Gasteiger partial charge in [0.25, 0.3) is 0 Å².